The van der Waals surface area contributed by atoms with E-state index in [1.54, 1.807) is 0 Å². The van der Waals surface area contributed by atoms with Crippen molar-refractivity contribution in [2.75, 3.05) is 20.1 Å². The van der Waals surface area contributed by atoms with Gasteiger partial charge >= 0.3 is 7.12 Å². The first-order valence-electron chi connectivity index (χ1n) is 7.78. The summed E-state index contributed by atoms with van der Waals surface area (Å²) in [5.74, 6) is 1.39. The van der Waals surface area contributed by atoms with E-state index in [1.165, 1.54) is 31.5 Å². The number of piperidine rings is 1. The van der Waals surface area contributed by atoms with E-state index < -0.39 is 5.60 Å². The molecule has 2 heterocycles. The average molecular weight is 285 g/mol. The minimum Gasteiger partial charge on any atom is -0.534 e. The van der Waals surface area contributed by atoms with E-state index in [0.29, 0.717) is 11.7 Å². The molecule has 0 bridgehead atoms. The third-order valence-corrected chi connectivity index (χ3v) is 4.72. The maximum atomic E-state index is 5.92. The highest BCUT2D eigenvalue weighted by Gasteiger charge is 2.42. The molecule has 0 aromatic heterocycles. The van der Waals surface area contributed by atoms with Gasteiger partial charge in [0.15, 0.2) is 0 Å². The van der Waals surface area contributed by atoms with Gasteiger partial charge in [0.25, 0.3) is 0 Å². The van der Waals surface area contributed by atoms with Gasteiger partial charge in [-0.3, -0.25) is 0 Å². The predicted octanol–water partition coefficient (Wildman–Crippen LogP) is 2.53. The molecule has 4 heteroatoms. The molecule has 2 fully saturated rings. The van der Waals surface area contributed by atoms with Gasteiger partial charge in [-0.2, -0.15) is 0 Å². The zero-order chi connectivity index (χ0) is 15.0. The Morgan fingerprint density at radius 2 is 1.81 bits per heavy atom. The van der Waals surface area contributed by atoms with Crippen LogP contribution in [-0.4, -0.2) is 37.8 Å². The third kappa shape index (κ3) is 3.02. The number of hydrogen-bond acceptors (Lipinski definition) is 3. The van der Waals surface area contributed by atoms with Crippen molar-refractivity contribution in [1.82, 2.24) is 4.90 Å². The molecule has 2 saturated heterocycles. The molecule has 1 aromatic rings. The molecule has 0 atom stereocenters. The van der Waals surface area contributed by atoms with Gasteiger partial charge < -0.3 is 14.2 Å². The summed E-state index contributed by atoms with van der Waals surface area (Å²) >= 11 is 0. The Morgan fingerprint density at radius 1 is 1.19 bits per heavy atom. The highest BCUT2D eigenvalue weighted by atomic mass is 16.7. The van der Waals surface area contributed by atoms with E-state index in [-0.39, 0.29) is 7.12 Å². The summed E-state index contributed by atoms with van der Waals surface area (Å²) in [6.07, 6.45) is 2.49. The minimum atomic E-state index is -0.405. The van der Waals surface area contributed by atoms with E-state index in [1.807, 2.05) is 13.8 Å². The standard InChI is InChI=1S/C17H24BNO2/c1-13-17(2,3)21-18(20-13)16-7-5-14(6-8-16)15-9-11-19(4)12-10-15/h5-8,15H,1,9-12H2,2-4H3. The Bertz CT molecular complexity index is 518. The summed E-state index contributed by atoms with van der Waals surface area (Å²) in [4.78, 5) is 2.40. The largest absolute Gasteiger partial charge is 0.563 e. The molecular weight excluding hydrogens is 261 g/mol. The van der Waals surface area contributed by atoms with E-state index in [9.17, 15) is 0 Å². The smallest absolute Gasteiger partial charge is 0.534 e. The predicted molar refractivity (Wildman–Crippen MR) is 86.7 cm³/mol. The Kier molecular flexibility index (Phi) is 3.85. The first-order chi connectivity index (χ1) is 9.95. The number of rotatable bonds is 2. The van der Waals surface area contributed by atoms with Gasteiger partial charge in [-0.15, -0.1) is 0 Å². The van der Waals surface area contributed by atoms with Crippen LogP contribution in [0, 0.1) is 0 Å². The van der Waals surface area contributed by atoms with Crippen molar-refractivity contribution < 1.29 is 9.31 Å². The molecule has 0 radical (unpaired) electrons. The molecule has 112 valence electrons. The van der Waals surface area contributed by atoms with Crippen LogP contribution >= 0.6 is 0 Å². The van der Waals surface area contributed by atoms with Crippen molar-refractivity contribution in [3.63, 3.8) is 0 Å². The number of likely N-dealkylation sites (tertiary alicyclic amines) is 1. The van der Waals surface area contributed by atoms with Crippen molar-refractivity contribution in [1.29, 1.82) is 0 Å². The summed E-state index contributed by atoms with van der Waals surface area (Å²) in [5.41, 5.74) is 2.10. The number of hydrogen-bond donors (Lipinski definition) is 0. The molecule has 0 N–H and O–H groups in total. The Labute approximate surface area is 128 Å². The van der Waals surface area contributed by atoms with E-state index in [4.69, 9.17) is 9.31 Å². The minimum absolute atomic E-state index is 0.320. The molecule has 2 aliphatic heterocycles. The summed E-state index contributed by atoms with van der Waals surface area (Å²) < 4.78 is 11.7. The maximum absolute atomic E-state index is 5.92. The summed E-state index contributed by atoms with van der Waals surface area (Å²) in [5, 5.41) is 0. The van der Waals surface area contributed by atoms with Crippen molar-refractivity contribution >= 4 is 12.6 Å². The first-order valence-corrected chi connectivity index (χ1v) is 7.78. The first kappa shape index (κ1) is 14.7. The zero-order valence-corrected chi connectivity index (χ0v) is 13.3. The van der Waals surface area contributed by atoms with Gasteiger partial charge in [0.05, 0.1) is 5.76 Å². The molecular formula is C17H24BNO2. The second-order valence-electron chi connectivity index (χ2n) is 6.75. The Hall–Kier alpha value is -1.26. The molecule has 2 aliphatic rings. The molecule has 0 unspecified atom stereocenters. The monoisotopic (exact) mass is 285 g/mol. The molecule has 0 aliphatic carbocycles. The van der Waals surface area contributed by atoms with Crippen LogP contribution in [0.1, 0.15) is 38.2 Å². The van der Waals surface area contributed by atoms with Crippen LogP contribution in [0.2, 0.25) is 0 Å². The lowest BCUT2D eigenvalue weighted by Gasteiger charge is -2.29. The van der Waals surface area contributed by atoms with Crippen molar-refractivity contribution in [3.8, 4) is 0 Å². The van der Waals surface area contributed by atoms with Gasteiger partial charge in [-0.05, 0) is 63.8 Å². The van der Waals surface area contributed by atoms with Gasteiger partial charge in [0.1, 0.15) is 5.60 Å². The Morgan fingerprint density at radius 3 is 2.33 bits per heavy atom. The Balaban J connectivity index is 1.69. The maximum Gasteiger partial charge on any atom is 0.563 e. The summed E-state index contributed by atoms with van der Waals surface area (Å²) in [6.45, 7) is 10.3. The summed E-state index contributed by atoms with van der Waals surface area (Å²) in [6, 6.07) is 8.72. The molecule has 3 nitrogen and oxygen atoms in total. The van der Waals surface area contributed by atoms with E-state index in [0.717, 1.165) is 5.46 Å². The van der Waals surface area contributed by atoms with Crippen molar-refractivity contribution in [3.05, 3.63) is 42.2 Å². The van der Waals surface area contributed by atoms with Gasteiger partial charge in [-0.25, -0.2) is 0 Å². The van der Waals surface area contributed by atoms with Gasteiger partial charge in [-0.1, -0.05) is 30.8 Å². The van der Waals surface area contributed by atoms with E-state index >= 15 is 0 Å². The quantitative estimate of drug-likeness (QED) is 0.779. The molecule has 0 amide bonds. The second-order valence-corrected chi connectivity index (χ2v) is 6.75. The topological polar surface area (TPSA) is 21.7 Å². The van der Waals surface area contributed by atoms with Crippen molar-refractivity contribution in [2.45, 2.75) is 38.2 Å². The fraction of sp³-hybridized carbons (Fsp3) is 0.529. The zero-order valence-electron chi connectivity index (χ0n) is 13.3. The van der Waals surface area contributed by atoms with Gasteiger partial charge in [0, 0.05) is 0 Å². The van der Waals surface area contributed by atoms with Crippen LogP contribution in [0.15, 0.2) is 36.6 Å². The van der Waals surface area contributed by atoms with Crippen LogP contribution < -0.4 is 5.46 Å². The number of benzene rings is 1. The average Bonchev–Trinajstić information content (AvgIpc) is 2.74. The third-order valence-electron chi connectivity index (χ3n) is 4.72. The van der Waals surface area contributed by atoms with Crippen LogP contribution in [0.25, 0.3) is 0 Å². The van der Waals surface area contributed by atoms with Crippen LogP contribution in [0.3, 0.4) is 0 Å². The molecule has 0 saturated carbocycles. The second kappa shape index (κ2) is 5.50. The van der Waals surface area contributed by atoms with E-state index in [2.05, 4.69) is 42.8 Å². The normalized spacial score (nSPS) is 23.4. The molecule has 3 rings (SSSR count). The summed E-state index contributed by atoms with van der Waals surface area (Å²) in [7, 11) is 1.88. The number of nitrogens with zero attached hydrogens (tertiary/aromatic N) is 1. The fourth-order valence-corrected chi connectivity index (χ4v) is 3.03. The lowest BCUT2D eigenvalue weighted by atomic mass is 9.77. The molecule has 0 spiro atoms. The highest BCUT2D eigenvalue weighted by molar-refractivity contribution is 6.62. The van der Waals surface area contributed by atoms with Gasteiger partial charge in [0.2, 0.25) is 0 Å². The SMILES string of the molecule is C=C1OB(c2ccc(C3CCN(C)CC3)cc2)OC1(C)C. The fourth-order valence-electron chi connectivity index (χ4n) is 3.03. The highest BCUT2D eigenvalue weighted by Crippen LogP contribution is 2.30. The van der Waals surface area contributed by atoms with Crippen molar-refractivity contribution in [2.24, 2.45) is 0 Å². The van der Waals surface area contributed by atoms with Crippen LogP contribution in [-0.2, 0) is 9.31 Å². The van der Waals surface area contributed by atoms with Crippen LogP contribution in [0.4, 0.5) is 0 Å². The molecule has 1 aromatic carbocycles. The van der Waals surface area contributed by atoms with Crippen LogP contribution in [0.5, 0.6) is 0 Å². The molecule has 21 heavy (non-hydrogen) atoms. The lowest BCUT2D eigenvalue weighted by molar-refractivity contribution is 0.173. The lowest BCUT2D eigenvalue weighted by Crippen LogP contribution is -2.34.